The molecule has 0 aliphatic rings. The van der Waals surface area contributed by atoms with Gasteiger partial charge in [0.15, 0.2) is 5.82 Å². The van der Waals surface area contributed by atoms with E-state index in [-0.39, 0.29) is 6.04 Å². The fourth-order valence-corrected chi connectivity index (χ4v) is 0.806. The molecular weight excluding hydrogens is 196 g/mol. The third kappa shape index (κ3) is 1.53. The van der Waals surface area contributed by atoms with Crippen LogP contribution in [0.15, 0.2) is 0 Å². The van der Waals surface area contributed by atoms with Crippen LogP contribution in [0, 0.1) is 6.92 Å². The van der Waals surface area contributed by atoms with E-state index in [1.54, 1.807) is 4.80 Å². The second kappa shape index (κ2) is 3.09. The maximum Gasteiger partial charge on any atom is 0.171 e. The van der Waals surface area contributed by atoms with Gasteiger partial charge in [0.05, 0.1) is 6.04 Å². The van der Waals surface area contributed by atoms with E-state index >= 15 is 0 Å². The molecule has 1 rings (SSSR count). The number of halogens is 1. The van der Waals surface area contributed by atoms with Crippen molar-refractivity contribution in [1.82, 2.24) is 20.2 Å². The van der Waals surface area contributed by atoms with Gasteiger partial charge in [-0.05, 0) is 19.1 Å². The minimum Gasteiger partial charge on any atom is -0.161 e. The smallest absolute Gasteiger partial charge is 0.161 e. The van der Waals surface area contributed by atoms with Crippen molar-refractivity contribution < 1.29 is 0 Å². The Morgan fingerprint density at radius 1 is 1.70 bits per heavy atom. The predicted molar refractivity (Wildman–Crippen MR) is 41.1 cm³/mol. The molecule has 1 heterocycles. The molecule has 0 bridgehead atoms. The van der Waals surface area contributed by atoms with Crippen LogP contribution >= 0.6 is 15.9 Å². The van der Waals surface area contributed by atoms with E-state index in [0.29, 0.717) is 5.82 Å². The number of nitrogens with zero attached hydrogens (tertiary/aromatic N) is 4. The van der Waals surface area contributed by atoms with Crippen molar-refractivity contribution in [2.45, 2.75) is 19.9 Å². The monoisotopic (exact) mass is 204 g/mol. The maximum atomic E-state index is 4.05. The highest BCUT2D eigenvalue weighted by Gasteiger charge is 2.04. The number of hydrogen-bond acceptors (Lipinski definition) is 3. The molecule has 0 saturated carbocycles. The summed E-state index contributed by atoms with van der Waals surface area (Å²) in [6, 6.07) is 0.279. The van der Waals surface area contributed by atoms with Crippen LogP contribution in [0.5, 0.6) is 0 Å². The zero-order chi connectivity index (χ0) is 7.56. The fraction of sp³-hybridized carbons (Fsp3) is 0.800. The van der Waals surface area contributed by atoms with E-state index in [9.17, 15) is 0 Å². The third-order valence-corrected chi connectivity index (χ3v) is 2.08. The van der Waals surface area contributed by atoms with E-state index in [1.165, 1.54) is 0 Å². The number of hydrogen-bond donors (Lipinski definition) is 0. The van der Waals surface area contributed by atoms with Crippen molar-refractivity contribution >= 4 is 15.9 Å². The molecule has 1 unspecified atom stereocenters. The number of tetrazole rings is 1. The van der Waals surface area contributed by atoms with Crippen LogP contribution in [0.4, 0.5) is 0 Å². The number of alkyl halides is 1. The molecule has 56 valence electrons. The third-order valence-electron chi connectivity index (χ3n) is 1.15. The highest BCUT2D eigenvalue weighted by Crippen LogP contribution is 2.03. The van der Waals surface area contributed by atoms with Crippen molar-refractivity contribution in [2.24, 2.45) is 0 Å². The van der Waals surface area contributed by atoms with Gasteiger partial charge < -0.3 is 0 Å². The molecule has 0 amide bonds. The molecule has 1 aromatic rings. The Labute approximate surface area is 67.7 Å². The van der Waals surface area contributed by atoms with Crippen LogP contribution in [0.3, 0.4) is 0 Å². The first-order chi connectivity index (χ1) is 4.74. The van der Waals surface area contributed by atoms with Crippen LogP contribution in [0.1, 0.15) is 18.8 Å². The van der Waals surface area contributed by atoms with Gasteiger partial charge in [-0.25, -0.2) is 0 Å². The number of aryl methyl sites for hydroxylation is 1. The minimum atomic E-state index is 0.279. The van der Waals surface area contributed by atoms with Gasteiger partial charge in [0.25, 0.3) is 0 Å². The van der Waals surface area contributed by atoms with Crippen LogP contribution < -0.4 is 0 Å². The Morgan fingerprint density at radius 3 is 2.80 bits per heavy atom. The lowest BCUT2D eigenvalue weighted by molar-refractivity contribution is 0.462. The van der Waals surface area contributed by atoms with E-state index in [0.717, 1.165) is 5.33 Å². The normalized spacial score (nSPS) is 13.5. The summed E-state index contributed by atoms with van der Waals surface area (Å²) < 4.78 is 0. The molecule has 0 fully saturated rings. The largest absolute Gasteiger partial charge is 0.171 e. The standard InChI is InChI=1S/C5H9BrN4/c1-4(3-6)10-8-5(2)7-9-10/h4H,3H2,1-2H3. The molecule has 0 saturated heterocycles. The Kier molecular flexibility index (Phi) is 2.37. The van der Waals surface area contributed by atoms with Crippen molar-refractivity contribution in [2.75, 3.05) is 5.33 Å². The zero-order valence-electron chi connectivity index (χ0n) is 5.95. The van der Waals surface area contributed by atoms with E-state index in [1.807, 2.05) is 13.8 Å². The summed E-state index contributed by atoms with van der Waals surface area (Å²) in [5, 5.41) is 12.5. The van der Waals surface area contributed by atoms with Crippen LogP contribution in [0.25, 0.3) is 0 Å². The van der Waals surface area contributed by atoms with Crippen molar-refractivity contribution in [3.05, 3.63) is 5.82 Å². The van der Waals surface area contributed by atoms with Crippen molar-refractivity contribution in [3.63, 3.8) is 0 Å². The van der Waals surface area contributed by atoms with Gasteiger partial charge in [-0.3, -0.25) is 0 Å². The molecule has 0 spiro atoms. The summed E-state index contributed by atoms with van der Waals surface area (Å²) in [6.45, 7) is 3.85. The molecular formula is C5H9BrN4. The average Bonchev–Trinajstić information content (AvgIpc) is 2.34. The molecule has 10 heavy (non-hydrogen) atoms. The Bertz CT molecular complexity index is 209. The summed E-state index contributed by atoms with van der Waals surface area (Å²) in [7, 11) is 0. The molecule has 0 N–H and O–H groups in total. The molecule has 5 heteroatoms. The highest BCUT2D eigenvalue weighted by molar-refractivity contribution is 9.09. The topological polar surface area (TPSA) is 43.6 Å². The Morgan fingerprint density at radius 2 is 2.40 bits per heavy atom. The van der Waals surface area contributed by atoms with E-state index in [2.05, 4.69) is 31.3 Å². The van der Waals surface area contributed by atoms with Gasteiger partial charge in [0.2, 0.25) is 0 Å². The molecule has 0 radical (unpaired) electrons. The Hall–Kier alpha value is -0.450. The lowest BCUT2D eigenvalue weighted by atomic mass is 10.4. The second-order valence-corrected chi connectivity index (χ2v) is 2.81. The summed E-state index contributed by atoms with van der Waals surface area (Å²) in [6.07, 6.45) is 0. The van der Waals surface area contributed by atoms with Gasteiger partial charge in [0.1, 0.15) is 0 Å². The van der Waals surface area contributed by atoms with Gasteiger partial charge >= 0.3 is 0 Å². The summed E-state index contributed by atoms with van der Waals surface area (Å²) in [5.41, 5.74) is 0. The summed E-state index contributed by atoms with van der Waals surface area (Å²) in [5.74, 6) is 0.716. The SMILES string of the molecule is Cc1nnn(C(C)CBr)n1. The highest BCUT2D eigenvalue weighted by atomic mass is 79.9. The van der Waals surface area contributed by atoms with Crippen LogP contribution in [-0.2, 0) is 0 Å². The molecule has 1 aromatic heterocycles. The van der Waals surface area contributed by atoms with Gasteiger partial charge in [-0.2, -0.15) is 4.80 Å². The van der Waals surface area contributed by atoms with Gasteiger partial charge in [0, 0.05) is 5.33 Å². The fourth-order valence-electron chi connectivity index (χ4n) is 0.547. The van der Waals surface area contributed by atoms with Crippen LogP contribution in [-0.4, -0.2) is 25.5 Å². The lowest BCUT2D eigenvalue weighted by Gasteiger charge is -2.02. The van der Waals surface area contributed by atoms with Gasteiger partial charge in [-0.1, -0.05) is 15.9 Å². The number of aromatic nitrogens is 4. The first-order valence-electron chi connectivity index (χ1n) is 3.06. The first kappa shape index (κ1) is 7.65. The lowest BCUT2D eigenvalue weighted by Crippen LogP contribution is -2.09. The average molecular weight is 205 g/mol. The van der Waals surface area contributed by atoms with Crippen molar-refractivity contribution in [3.8, 4) is 0 Å². The quantitative estimate of drug-likeness (QED) is 0.674. The predicted octanol–water partition coefficient (Wildman–Crippen LogP) is 0.937. The van der Waals surface area contributed by atoms with Crippen molar-refractivity contribution in [1.29, 1.82) is 0 Å². The molecule has 4 nitrogen and oxygen atoms in total. The minimum absolute atomic E-state index is 0.279. The van der Waals surface area contributed by atoms with E-state index in [4.69, 9.17) is 0 Å². The van der Waals surface area contributed by atoms with Crippen LogP contribution in [0.2, 0.25) is 0 Å². The second-order valence-electron chi connectivity index (χ2n) is 2.16. The molecule has 0 aliphatic carbocycles. The zero-order valence-corrected chi connectivity index (χ0v) is 7.54. The number of rotatable bonds is 2. The van der Waals surface area contributed by atoms with Gasteiger partial charge in [-0.15, -0.1) is 10.2 Å². The maximum absolute atomic E-state index is 4.05. The molecule has 0 aliphatic heterocycles. The Balaban J connectivity index is 2.74. The molecule has 1 atom stereocenters. The molecule has 0 aromatic carbocycles. The summed E-state index contributed by atoms with van der Waals surface area (Å²) >= 11 is 3.33. The van der Waals surface area contributed by atoms with E-state index < -0.39 is 0 Å². The summed E-state index contributed by atoms with van der Waals surface area (Å²) in [4.78, 5) is 1.60. The first-order valence-corrected chi connectivity index (χ1v) is 4.18.